The molecule has 2 heterocycles. The highest BCUT2D eigenvalue weighted by Crippen LogP contribution is 2.35. The number of ether oxygens (including phenoxy) is 1. The van der Waals surface area contributed by atoms with E-state index in [1.54, 1.807) is 40.5 Å². The Hall–Kier alpha value is -2.83. The first-order valence-corrected chi connectivity index (χ1v) is 13.4. The number of amides is 2. The van der Waals surface area contributed by atoms with Gasteiger partial charge in [0.1, 0.15) is 18.9 Å². The van der Waals surface area contributed by atoms with Crippen molar-refractivity contribution in [2.45, 2.75) is 52.6 Å². The van der Waals surface area contributed by atoms with Gasteiger partial charge in [-0.2, -0.15) is 0 Å². The van der Waals surface area contributed by atoms with E-state index in [0.29, 0.717) is 23.7 Å². The summed E-state index contributed by atoms with van der Waals surface area (Å²) in [6, 6.07) is 14.9. The summed E-state index contributed by atoms with van der Waals surface area (Å²) in [4.78, 5) is 32.0. The molecular formula is C29H33ClN2O3S. The van der Waals surface area contributed by atoms with Gasteiger partial charge in [-0.15, -0.1) is 11.3 Å². The number of nitrogens with zero attached hydrogens (tertiary/aromatic N) is 2. The Morgan fingerprint density at radius 1 is 1.14 bits per heavy atom. The fraction of sp³-hybridized carbons (Fsp3) is 0.379. The van der Waals surface area contributed by atoms with Crippen LogP contribution in [0.1, 0.15) is 58.7 Å². The normalized spacial score (nSPS) is 15.4. The van der Waals surface area contributed by atoms with Gasteiger partial charge in [-0.1, -0.05) is 35.4 Å². The molecule has 1 aromatic heterocycles. The minimum atomic E-state index is -0.552. The monoisotopic (exact) mass is 524 g/mol. The van der Waals surface area contributed by atoms with Crippen molar-refractivity contribution in [1.82, 2.24) is 9.80 Å². The highest BCUT2D eigenvalue weighted by molar-refractivity contribution is 7.10. The number of carbonyl (C=O) groups is 2. The third-order valence-corrected chi connectivity index (χ3v) is 7.79. The lowest BCUT2D eigenvalue weighted by molar-refractivity contribution is -0.136. The number of thiophene rings is 1. The fourth-order valence-corrected chi connectivity index (χ4v) is 5.74. The van der Waals surface area contributed by atoms with E-state index >= 15 is 0 Å². The average Bonchev–Trinajstić information content (AvgIpc) is 3.30. The predicted molar refractivity (Wildman–Crippen MR) is 146 cm³/mol. The van der Waals surface area contributed by atoms with E-state index < -0.39 is 5.54 Å². The van der Waals surface area contributed by atoms with Crippen molar-refractivity contribution in [3.8, 4) is 5.75 Å². The number of rotatable bonds is 6. The van der Waals surface area contributed by atoms with Crippen LogP contribution in [0.3, 0.4) is 0 Å². The smallest absolute Gasteiger partial charge is 0.254 e. The molecule has 0 aliphatic carbocycles. The highest BCUT2D eigenvalue weighted by Gasteiger charge is 2.36. The van der Waals surface area contributed by atoms with Crippen molar-refractivity contribution in [2.24, 2.45) is 0 Å². The van der Waals surface area contributed by atoms with Gasteiger partial charge in [-0.3, -0.25) is 9.59 Å². The van der Waals surface area contributed by atoms with E-state index in [2.05, 4.69) is 24.4 Å². The number of aryl methyl sites for hydroxylation is 2. The second kappa shape index (κ2) is 10.7. The molecule has 0 saturated carbocycles. The molecule has 0 radical (unpaired) electrons. The minimum Gasteiger partial charge on any atom is -0.491 e. The molecule has 2 amide bonds. The lowest BCUT2D eigenvalue weighted by Crippen LogP contribution is -2.53. The summed E-state index contributed by atoms with van der Waals surface area (Å²) in [6.07, 6.45) is 0.802. The van der Waals surface area contributed by atoms with Crippen LogP contribution in [-0.4, -0.2) is 46.8 Å². The molecule has 3 aromatic rings. The van der Waals surface area contributed by atoms with Crippen molar-refractivity contribution in [3.63, 3.8) is 0 Å². The van der Waals surface area contributed by atoms with E-state index in [4.69, 9.17) is 16.3 Å². The van der Waals surface area contributed by atoms with Crippen molar-refractivity contribution >= 4 is 34.8 Å². The van der Waals surface area contributed by atoms with Crippen LogP contribution in [0.25, 0.3) is 0 Å². The second-order valence-corrected chi connectivity index (χ2v) is 11.7. The summed E-state index contributed by atoms with van der Waals surface area (Å²) in [5, 5.41) is 2.57. The maximum atomic E-state index is 13.8. The largest absolute Gasteiger partial charge is 0.491 e. The quantitative estimate of drug-likeness (QED) is 0.371. The number of fused-ring (bicyclic) bond motifs is 1. The molecule has 0 bridgehead atoms. The van der Waals surface area contributed by atoms with Crippen molar-refractivity contribution in [2.75, 3.05) is 19.7 Å². The van der Waals surface area contributed by atoms with Crippen LogP contribution in [0.5, 0.6) is 5.75 Å². The number of hydrogen-bond acceptors (Lipinski definition) is 4. The number of benzene rings is 2. The average molecular weight is 525 g/mol. The standard InChI is InChI=1S/C29H33ClN2O3S/c1-19-9-10-25(20(2)15-19)35-18-24-23-12-14-36-26(23)11-13-31(24)27(33)17-32(29(3,4)5)28(34)21-7-6-8-22(30)16-21/h6-10,12,14-16,24H,11,13,17-18H2,1-5H3. The molecule has 190 valence electrons. The lowest BCUT2D eigenvalue weighted by atomic mass is 9.99. The van der Waals surface area contributed by atoms with E-state index in [9.17, 15) is 9.59 Å². The molecule has 1 aliphatic heterocycles. The zero-order chi connectivity index (χ0) is 26.0. The molecule has 0 spiro atoms. The van der Waals surface area contributed by atoms with E-state index in [1.165, 1.54) is 10.4 Å². The molecule has 0 fully saturated rings. The molecule has 1 unspecified atom stereocenters. The molecule has 1 atom stereocenters. The van der Waals surface area contributed by atoms with Gasteiger partial charge in [0.05, 0.1) is 6.04 Å². The molecule has 2 aromatic carbocycles. The van der Waals surface area contributed by atoms with Crippen LogP contribution in [-0.2, 0) is 11.2 Å². The molecule has 36 heavy (non-hydrogen) atoms. The molecule has 4 rings (SSSR count). The first-order chi connectivity index (χ1) is 17.0. The van der Waals surface area contributed by atoms with Gasteiger partial charge < -0.3 is 14.5 Å². The summed E-state index contributed by atoms with van der Waals surface area (Å²) in [6.45, 7) is 10.8. The molecule has 1 aliphatic rings. The van der Waals surface area contributed by atoms with Crippen molar-refractivity contribution in [3.05, 3.63) is 86.1 Å². The SMILES string of the molecule is Cc1ccc(OCC2c3ccsc3CCN2C(=O)CN(C(=O)c2cccc(Cl)c2)C(C)(C)C)c(C)c1. The second-order valence-electron chi connectivity index (χ2n) is 10.3. The van der Waals surface area contributed by atoms with Gasteiger partial charge in [-0.25, -0.2) is 0 Å². The van der Waals surface area contributed by atoms with E-state index in [-0.39, 0.29) is 24.4 Å². The summed E-state index contributed by atoms with van der Waals surface area (Å²) >= 11 is 7.86. The Morgan fingerprint density at radius 3 is 2.61 bits per heavy atom. The first kappa shape index (κ1) is 26.2. The van der Waals surface area contributed by atoms with Crippen LogP contribution in [0.2, 0.25) is 5.02 Å². The maximum absolute atomic E-state index is 13.8. The van der Waals surface area contributed by atoms with Gasteiger partial charge >= 0.3 is 0 Å². The highest BCUT2D eigenvalue weighted by atomic mass is 35.5. The third kappa shape index (κ3) is 5.76. The molecule has 7 heteroatoms. The Labute approximate surface area is 222 Å². The Bertz CT molecular complexity index is 1260. The number of hydrogen-bond donors (Lipinski definition) is 0. The van der Waals surface area contributed by atoms with Gasteiger partial charge in [0, 0.05) is 27.5 Å². The van der Waals surface area contributed by atoms with Crippen LogP contribution >= 0.6 is 22.9 Å². The number of halogens is 1. The Morgan fingerprint density at radius 2 is 1.92 bits per heavy atom. The van der Waals surface area contributed by atoms with Crippen LogP contribution in [0, 0.1) is 13.8 Å². The van der Waals surface area contributed by atoms with Crippen LogP contribution < -0.4 is 4.74 Å². The summed E-state index contributed by atoms with van der Waals surface area (Å²) in [7, 11) is 0. The van der Waals surface area contributed by atoms with Crippen molar-refractivity contribution in [1.29, 1.82) is 0 Å². The topological polar surface area (TPSA) is 49.9 Å². The summed E-state index contributed by atoms with van der Waals surface area (Å²) in [5.74, 6) is 0.517. The number of carbonyl (C=O) groups excluding carboxylic acids is 2. The molecule has 0 N–H and O–H groups in total. The van der Waals surface area contributed by atoms with E-state index in [1.807, 2.05) is 44.7 Å². The van der Waals surface area contributed by atoms with E-state index in [0.717, 1.165) is 23.3 Å². The zero-order valence-corrected chi connectivity index (χ0v) is 23.1. The molecular weight excluding hydrogens is 492 g/mol. The van der Waals surface area contributed by atoms with Gasteiger partial charge in [0.2, 0.25) is 5.91 Å². The minimum absolute atomic E-state index is 0.0195. The summed E-state index contributed by atoms with van der Waals surface area (Å²) < 4.78 is 6.26. The Balaban J connectivity index is 1.57. The Kier molecular flexibility index (Phi) is 7.76. The predicted octanol–water partition coefficient (Wildman–Crippen LogP) is 6.46. The van der Waals surface area contributed by atoms with Crippen LogP contribution in [0.15, 0.2) is 53.9 Å². The van der Waals surface area contributed by atoms with Gasteiger partial charge in [0.15, 0.2) is 0 Å². The lowest BCUT2D eigenvalue weighted by Gasteiger charge is -2.40. The molecule has 0 saturated heterocycles. The maximum Gasteiger partial charge on any atom is 0.254 e. The molecule has 5 nitrogen and oxygen atoms in total. The van der Waals surface area contributed by atoms with Gasteiger partial charge in [0.25, 0.3) is 5.91 Å². The van der Waals surface area contributed by atoms with Gasteiger partial charge in [-0.05, 0) is 87.9 Å². The summed E-state index contributed by atoms with van der Waals surface area (Å²) in [5.41, 5.74) is 3.30. The third-order valence-electron chi connectivity index (χ3n) is 6.56. The van der Waals surface area contributed by atoms with Crippen LogP contribution in [0.4, 0.5) is 0 Å². The van der Waals surface area contributed by atoms with Crippen molar-refractivity contribution < 1.29 is 14.3 Å². The first-order valence-electron chi connectivity index (χ1n) is 12.2. The zero-order valence-electron chi connectivity index (χ0n) is 21.5. The fourth-order valence-electron chi connectivity index (χ4n) is 4.62.